The van der Waals surface area contributed by atoms with E-state index in [1.807, 2.05) is 24.3 Å². The maximum Gasteiger partial charge on any atom is 0.325 e. The van der Waals surface area contributed by atoms with Gasteiger partial charge in [0.05, 0.1) is 18.3 Å². The van der Waals surface area contributed by atoms with Crippen LogP contribution in [0.3, 0.4) is 0 Å². The number of aromatic amines is 2. The number of rotatable bonds is 4. The zero-order valence-corrected chi connectivity index (χ0v) is 13.5. The average molecular weight is 323 g/mol. The van der Waals surface area contributed by atoms with Crippen LogP contribution in [0.5, 0.6) is 0 Å². The molecule has 0 bridgehead atoms. The van der Waals surface area contributed by atoms with E-state index in [1.165, 1.54) is 6.20 Å². The number of H-pyrrole nitrogens is 2. The second-order valence-electron chi connectivity index (χ2n) is 6.21. The van der Waals surface area contributed by atoms with Crippen LogP contribution in [-0.2, 0) is 11.3 Å². The summed E-state index contributed by atoms with van der Waals surface area (Å²) in [7, 11) is 0. The molecule has 1 unspecified atom stereocenters. The first-order valence-electron chi connectivity index (χ1n) is 6.95. The van der Waals surface area contributed by atoms with Crippen LogP contribution in [0.2, 0.25) is 5.02 Å². The van der Waals surface area contributed by atoms with E-state index in [-0.39, 0.29) is 18.1 Å². The Bertz CT molecular complexity index is 741. The fraction of sp³-hybridized carbons (Fsp3) is 0.375. The Morgan fingerprint density at radius 2 is 1.82 bits per heavy atom. The van der Waals surface area contributed by atoms with E-state index >= 15 is 0 Å². The van der Waals surface area contributed by atoms with Crippen molar-refractivity contribution < 1.29 is 4.74 Å². The number of benzene rings is 1. The molecule has 0 aliphatic rings. The summed E-state index contributed by atoms with van der Waals surface area (Å²) in [4.78, 5) is 27.4. The minimum absolute atomic E-state index is 0.108. The molecule has 0 amide bonds. The van der Waals surface area contributed by atoms with Gasteiger partial charge in [-0.1, -0.05) is 44.5 Å². The van der Waals surface area contributed by atoms with Gasteiger partial charge in [0, 0.05) is 11.2 Å². The summed E-state index contributed by atoms with van der Waals surface area (Å²) in [5, 5.41) is 0.661. The molecule has 0 aliphatic heterocycles. The first kappa shape index (κ1) is 16.5. The number of hydrogen-bond donors (Lipinski definition) is 2. The molecule has 2 aromatic rings. The van der Waals surface area contributed by atoms with Gasteiger partial charge in [0.25, 0.3) is 5.56 Å². The van der Waals surface area contributed by atoms with Crippen molar-refractivity contribution in [3.8, 4) is 0 Å². The van der Waals surface area contributed by atoms with Crippen molar-refractivity contribution in [2.75, 3.05) is 0 Å². The Morgan fingerprint density at radius 1 is 1.18 bits per heavy atom. The standard InChI is InChI=1S/C16H19ClN2O3/c1-16(2,3)13(10-4-6-12(17)7-5-10)22-9-11-8-18-15(21)19-14(11)20/h4-8,13H,9H2,1-3H3,(H2,18,19,20,21). The van der Waals surface area contributed by atoms with Gasteiger partial charge in [-0.05, 0) is 23.1 Å². The largest absolute Gasteiger partial charge is 0.368 e. The van der Waals surface area contributed by atoms with Gasteiger partial charge in [0.1, 0.15) is 0 Å². The van der Waals surface area contributed by atoms with E-state index in [0.29, 0.717) is 10.6 Å². The Kier molecular flexibility index (Phi) is 4.88. The SMILES string of the molecule is CC(C)(C)C(OCc1c[nH]c(=O)[nH]c1=O)c1ccc(Cl)cc1. The molecule has 2 N–H and O–H groups in total. The van der Waals surface area contributed by atoms with Crippen LogP contribution in [0.15, 0.2) is 40.1 Å². The summed E-state index contributed by atoms with van der Waals surface area (Å²) in [5.41, 5.74) is 0.231. The Morgan fingerprint density at radius 3 is 2.36 bits per heavy atom. The monoisotopic (exact) mass is 322 g/mol. The lowest BCUT2D eigenvalue weighted by Gasteiger charge is -2.31. The van der Waals surface area contributed by atoms with E-state index in [4.69, 9.17) is 16.3 Å². The third kappa shape index (κ3) is 4.08. The van der Waals surface area contributed by atoms with Crippen molar-refractivity contribution in [2.24, 2.45) is 5.41 Å². The van der Waals surface area contributed by atoms with Crippen molar-refractivity contribution in [3.05, 3.63) is 67.4 Å². The van der Waals surface area contributed by atoms with Gasteiger partial charge in [0.2, 0.25) is 0 Å². The Labute approximate surface area is 133 Å². The number of aromatic nitrogens is 2. The molecular formula is C16H19ClN2O3. The summed E-state index contributed by atoms with van der Waals surface area (Å²) in [6.45, 7) is 6.28. The average Bonchev–Trinajstić information content (AvgIpc) is 2.41. The highest BCUT2D eigenvalue weighted by atomic mass is 35.5. The minimum Gasteiger partial charge on any atom is -0.368 e. The molecule has 0 radical (unpaired) electrons. The summed E-state index contributed by atoms with van der Waals surface area (Å²) in [6.07, 6.45) is 1.17. The fourth-order valence-corrected chi connectivity index (χ4v) is 2.33. The zero-order valence-electron chi connectivity index (χ0n) is 12.8. The van der Waals surface area contributed by atoms with Crippen molar-refractivity contribution >= 4 is 11.6 Å². The molecule has 0 saturated heterocycles. The van der Waals surface area contributed by atoms with Crippen LogP contribution in [0.25, 0.3) is 0 Å². The van der Waals surface area contributed by atoms with Crippen molar-refractivity contribution in [2.45, 2.75) is 33.5 Å². The third-order valence-corrected chi connectivity index (χ3v) is 3.51. The fourth-order valence-electron chi connectivity index (χ4n) is 2.20. The molecule has 0 aliphatic carbocycles. The number of ether oxygens (including phenoxy) is 1. The number of nitrogens with one attached hydrogen (secondary N) is 2. The predicted octanol–water partition coefficient (Wildman–Crippen LogP) is 3.02. The lowest BCUT2D eigenvalue weighted by Crippen LogP contribution is -2.27. The Hall–Kier alpha value is -1.85. The molecule has 22 heavy (non-hydrogen) atoms. The van der Waals surface area contributed by atoms with Crippen molar-refractivity contribution in [1.82, 2.24) is 9.97 Å². The van der Waals surface area contributed by atoms with Crippen LogP contribution in [0.1, 0.15) is 38.0 Å². The first-order chi connectivity index (χ1) is 10.3. The molecule has 0 saturated carbocycles. The second kappa shape index (κ2) is 6.50. The van der Waals surface area contributed by atoms with E-state index in [1.54, 1.807) is 0 Å². The second-order valence-corrected chi connectivity index (χ2v) is 6.64. The van der Waals surface area contributed by atoms with Gasteiger partial charge in [-0.2, -0.15) is 0 Å². The molecule has 1 aromatic heterocycles. The van der Waals surface area contributed by atoms with Crippen LogP contribution in [0, 0.1) is 5.41 Å². The number of halogens is 1. The lowest BCUT2D eigenvalue weighted by atomic mass is 9.84. The van der Waals surface area contributed by atoms with E-state index < -0.39 is 11.2 Å². The van der Waals surface area contributed by atoms with Crippen molar-refractivity contribution in [3.63, 3.8) is 0 Å². The molecular weight excluding hydrogens is 304 g/mol. The molecule has 2 rings (SSSR count). The van der Waals surface area contributed by atoms with Gasteiger partial charge in [-0.15, -0.1) is 0 Å². The van der Waals surface area contributed by atoms with Gasteiger partial charge in [-0.3, -0.25) is 9.78 Å². The first-order valence-corrected chi connectivity index (χ1v) is 7.33. The number of hydrogen-bond acceptors (Lipinski definition) is 3. The quantitative estimate of drug-likeness (QED) is 0.908. The van der Waals surface area contributed by atoms with E-state index in [9.17, 15) is 9.59 Å². The summed E-state index contributed by atoms with van der Waals surface area (Å²) in [6, 6.07) is 7.45. The van der Waals surface area contributed by atoms with Crippen LogP contribution in [0.4, 0.5) is 0 Å². The smallest absolute Gasteiger partial charge is 0.325 e. The third-order valence-electron chi connectivity index (χ3n) is 3.26. The molecule has 5 nitrogen and oxygen atoms in total. The van der Waals surface area contributed by atoms with Crippen LogP contribution in [-0.4, -0.2) is 9.97 Å². The molecule has 1 heterocycles. The Balaban J connectivity index is 2.22. The van der Waals surface area contributed by atoms with E-state index in [2.05, 4.69) is 30.7 Å². The molecule has 1 atom stereocenters. The maximum absolute atomic E-state index is 11.7. The molecule has 0 spiro atoms. The topological polar surface area (TPSA) is 75.0 Å². The predicted molar refractivity (Wildman–Crippen MR) is 86.1 cm³/mol. The summed E-state index contributed by atoms with van der Waals surface area (Å²) >= 11 is 5.92. The molecule has 6 heteroatoms. The van der Waals surface area contributed by atoms with Crippen LogP contribution >= 0.6 is 11.6 Å². The van der Waals surface area contributed by atoms with Gasteiger partial charge >= 0.3 is 5.69 Å². The highest BCUT2D eigenvalue weighted by molar-refractivity contribution is 6.30. The lowest BCUT2D eigenvalue weighted by molar-refractivity contribution is -0.0309. The van der Waals surface area contributed by atoms with Crippen LogP contribution < -0.4 is 11.2 Å². The molecule has 118 valence electrons. The van der Waals surface area contributed by atoms with Gasteiger partial charge in [0.15, 0.2) is 0 Å². The zero-order chi connectivity index (χ0) is 16.3. The highest BCUT2D eigenvalue weighted by Crippen LogP contribution is 2.36. The normalized spacial score (nSPS) is 13.1. The summed E-state index contributed by atoms with van der Waals surface area (Å²) in [5.74, 6) is 0. The van der Waals surface area contributed by atoms with Crippen molar-refractivity contribution in [1.29, 1.82) is 0 Å². The summed E-state index contributed by atoms with van der Waals surface area (Å²) < 4.78 is 5.95. The van der Waals surface area contributed by atoms with Gasteiger partial charge in [-0.25, -0.2) is 4.79 Å². The van der Waals surface area contributed by atoms with E-state index in [0.717, 1.165) is 5.56 Å². The maximum atomic E-state index is 11.7. The highest BCUT2D eigenvalue weighted by Gasteiger charge is 2.27. The minimum atomic E-state index is -0.529. The molecule has 1 aromatic carbocycles. The molecule has 0 fully saturated rings. The van der Waals surface area contributed by atoms with Gasteiger partial charge < -0.3 is 9.72 Å².